The first kappa shape index (κ1) is 17.8. The lowest BCUT2D eigenvalue weighted by atomic mass is 9.49. The molecule has 1 aromatic carbocycles. The maximum absolute atomic E-state index is 6.10. The molecule has 4 fully saturated rings. The molecule has 4 aliphatic carbocycles. The predicted octanol–water partition coefficient (Wildman–Crippen LogP) is 5.74. The number of rotatable bonds is 4. The van der Waals surface area contributed by atoms with Crippen LogP contribution in [0.3, 0.4) is 0 Å². The van der Waals surface area contributed by atoms with E-state index in [0.29, 0.717) is 6.61 Å². The van der Waals surface area contributed by atoms with Crippen molar-refractivity contribution in [3.05, 3.63) is 58.5 Å². The number of aromatic nitrogens is 3. The van der Waals surface area contributed by atoms with Gasteiger partial charge in [-0.25, -0.2) is 0 Å². The Labute approximate surface area is 176 Å². The van der Waals surface area contributed by atoms with E-state index in [-0.39, 0.29) is 5.41 Å². The van der Waals surface area contributed by atoms with Crippen LogP contribution in [0, 0.1) is 24.7 Å². The van der Waals surface area contributed by atoms with E-state index in [1.807, 2.05) is 25.1 Å². The zero-order chi connectivity index (χ0) is 19.6. The highest BCUT2D eigenvalue weighted by atomic mass is 35.5. The van der Waals surface area contributed by atoms with Crippen molar-refractivity contribution in [3.8, 4) is 5.75 Å². The predicted molar refractivity (Wildman–Crippen MR) is 113 cm³/mol. The van der Waals surface area contributed by atoms with Gasteiger partial charge >= 0.3 is 0 Å². The largest absolute Gasteiger partial charge is 0.488 e. The van der Waals surface area contributed by atoms with E-state index in [4.69, 9.17) is 21.4 Å². The first-order valence-electron chi connectivity index (χ1n) is 10.8. The molecule has 0 amide bonds. The van der Waals surface area contributed by atoms with Crippen molar-refractivity contribution in [3.63, 3.8) is 0 Å². The second kappa shape index (κ2) is 6.46. The van der Waals surface area contributed by atoms with E-state index < -0.39 is 0 Å². The number of hydrogen-bond donors (Lipinski definition) is 0. The van der Waals surface area contributed by atoms with Gasteiger partial charge in [0.25, 0.3) is 0 Å². The lowest BCUT2D eigenvalue weighted by molar-refractivity contribution is -0.00984. The van der Waals surface area contributed by atoms with Crippen LogP contribution in [0.4, 0.5) is 0 Å². The molecule has 4 aliphatic rings. The molecule has 0 spiro atoms. The summed E-state index contributed by atoms with van der Waals surface area (Å²) in [4.78, 5) is 0. The van der Waals surface area contributed by atoms with E-state index >= 15 is 0 Å². The highest BCUT2D eigenvalue weighted by Gasteiger charge is 2.53. The minimum atomic E-state index is 0.237. The van der Waals surface area contributed by atoms with Crippen molar-refractivity contribution >= 4 is 17.2 Å². The van der Waals surface area contributed by atoms with E-state index in [9.17, 15) is 0 Å². The van der Waals surface area contributed by atoms with Crippen molar-refractivity contribution in [2.45, 2.75) is 57.5 Å². The minimum absolute atomic E-state index is 0.237. The van der Waals surface area contributed by atoms with E-state index in [0.717, 1.165) is 45.3 Å². The minimum Gasteiger partial charge on any atom is -0.488 e. The Balaban J connectivity index is 1.33. The van der Waals surface area contributed by atoms with Gasteiger partial charge in [0.1, 0.15) is 18.2 Å². The molecule has 0 atom stereocenters. The normalized spacial score (nSPS) is 30.2. The van der Waals surface area contributed by atoms with Crippen LogP contribution in [0.5, 0.6) is 5.75 Å². The lowest BCUT2D eigenvalue weighted by Gasteiger charge is -2.55. The summed E-state index contributed by atoms with van der Waals surface area (Å²) in [7, 11) is 0. The van der Waals surface area contributed by atoms with Gasteiger partial charge in [-0.1, -0.05) is 17.7 Å². The quantitative estimate of drug-likeness (QED) is 0.553. The van der Waals surface area contributed by atoms with Crippen LogP contribution in [0.2, 0.25) is 5.02 Å². The summed E-state index contributed by atoms with van der Waals surface area (Å²) in [5.41, 5.74) is 3.29. The summed E-state index contributed by atoms with van der Waals surface area (Å²) in [6.45, 7) is 2.50. The number of halogens is 1. The molecule has 7 rings (SSSR count). The van der Waals surface area contributed by atoms with Crippen molar-refractivity contribution in [1.82, 2.24) is 14.6 Å². The third-order valence-corrected chi connectivity index (χ3v) is 7.78. The Morgan fingerprint density at radius 2 is 1.79 bits per heavy atom. The Hall–Kier alpha value is -2.07. The Kier molecular flexibility index (Phi) is 3.96. The zero-order valence-electron chi connectivity index (χ0n) is 16.8. The van der Waals surface area contributed by atoms with Gasteiger partial charge < -0.3 is 4.74 Å². The van der Waals surface area contributed by atoms with Crippen molar-refractivity contribution in [1.29, 1.82) is 0 Å². The molecular weight excluding hydrogens is 382 g/mol. The topological polar surface area (TPSA) is 39.4 Å². The number of ether oxygens (including phenoxy) is 1. The fourth-order valence-electron chi connectivity index (χ4n) is 6.76. The van der Waals surface area contributed by atoms with Crippen LogP contribution < -0.4 is 4.74 Å². The van der Waals surface area contributed by atoms with Crippen LogP contribution in [0.15, 0.2) is 36.5 Å². The van der Waals surface area contributed by atoms with E-state index in [1.165, 1.54) is 44.3 Å². The maximum atomic E-state index is 6.10. The highest BCUT2D eigenvalue weighted by Crippen LogP contribution is 2.60. The van der Waals surface area contributed by atoms with Crippen molar-refractivity contribution in [2.75, 3.05) is 0 Å². The molecule has 0 N–H and O–H groups in total. The Morgan fingerprint density at radius 3 is 2.48 bits per heavy atom. The second-order valence-corrected chi connectivity index (χ2v) is 10.1. The van der Waals surface area contributed by atoms with Crippen molar-refractivity contribution in [2.24, 2.45) is 17.8 Å². The number of aryl methyl sites for hydroxylation is 1. The van der Waals surface area contributed by atoms with Gasteiger partial charge in [0, 0.05) is 22.2 Å². The SMILES string of the molecule is Cc1cc(Cl)ccc1OCc1cccn2c(C34CC5CC(CC(C5)C3)C4)nnc12. The fraction of sp³-hybridized carbons (Fsp3) is 0.500. The van der Waals surface area contributed by atoms with Crippen LogP contribution in [0.1, 0.15) is 55.5 Å². The van der Waals surface area contributed by atoms with Crippen molar-refractivity contribution < 1.29 is 4.74 Å². The molecule has 2 heterocycles. The van der Waals surface area contributed by atoms with Gasteiger partial charge in [0.05, 0.1) is 0 Å². The first-order valence-corrected chi connectivity index (χ1v) is 11.2. The molecular formula is C24H26ClN3O. The molecule has 0 saturated heterocycles. The zero-order valence-corrected chi connectivity index (χ0v) is 17.5. The molecule has 3 aromatic rings. The molecule has 0 aliphatic heterocycles. The van der Waals surface area contributed by atoms with Gasteiger partial charge in [-0.2, -0.15) is 0 Å². The lowest BCUT2D eigenvalue weighted by Crippen LogP contribution is -2.49. The summed E-state index contributed by atoms with van der Waals surface area (Å²) in [5, 5.41) is 10.1. The summed E-state index contributed by atoms with van der Waals surface area (Å²) >= 11 is 6.07. The van der Waals surface area contributed by atoms with E-state index in [2.05, 4.69) is 27.8 Å². The third kappa shape index (κ3) is 2.87. The Morgan fingerprint density at radius 1 is 1.07 bits per heavy atom. The number of benzene rings is 1. The van der Waals surface area contributed by atoms with Gasteiger partial charge in [0.2, 0.25) is 0 Å². The standard InChI is InChI=1S/C24H26ClN3O/c1-15-7-20(25)4-5-21(15)29-14-19-3-2-6-28-22(19)26-27-23(28)24-11-16-8-17(12-24)10-18(9-16)13-24/h2-7,16-18H,8-14H2,1H3. The van der Waals surface area contributed by atoms with E-state index in [1.54, 1.807) is 0 Å². The van der Waals surface area contributed by atoms with Gasteiger partial charge in [-0.05, 0) is 93.0 Å². The number of nitrogens with zero attached hydrogens (tertiary/aromatic N) is 3. The number of fused-ring (bicyclic) bond motifs is 1. The van der Waals surface area contributed by atoms with Gasteiger partial charge in [-0.3, -0.25) is 4.40 Å². The maximum Gasteiger partial charge on any atom is 0.167 e. The molecule has 4 bridgehead atoms. The average molecular weight is 408 g/mol. The summed E-state index contributed by atoms with van der Waals surface area (Å²) in [6, 6.07) is 9.93. The average Bonchev–Trinajstić information content (AvgIpc) is 3.12. The first-order chi connectivity index (χ1) is 14.1. The molecule has 4 saturated carbocycles. The molecule has 29 heavy (non-hydrogen) atoms. The molecule has 4 nitrogen and oxygen atoms in total. The summed E-state index contributed by atoms with van der Waals surface area (Å²) in [5.74, 6) is 4.74. The smallest absolute Gasteiger partial charge is 0.167 e. The highest BCUT2D eigenvalue weighted by molar-refractivity contribution is 6.30. The van der Waals surface area contributed by atoms with Crippen LogP contribution >= 0.6 is 11.6 Å². The monoisotopic (exact) mass is 407 g/mol. The number of hydrogen-bond acceptors (Lipinski definition) is 3. The third-order valence-electron chi connectivity index (χ3n) is 7.55. The molecule has 150 valence electrons. The summed E-state index contributed by atoms with van der Waals surface area (Å²) < 4.78 is 8.36. The molecule has 5 heteroatoms. The van der Waals surface area contributed by atoms with Gasteiger partial charge in [0.15, 0.2) is 5.65 Å². The summed E-state index contributed by atoms with van der Waals surface area (Å²) in [6.07, 6.45) is 10.3. The Bertz CT molecular complexity index is 1050. The van der Waals surface area contributed by atoms with Gasteiger partial charge in [-0.15, -0.1) is 10.2 Å². The molecule has 0 radical (unpaired) electrons. The fourth-order valence-corrected chi connectivity index (χ4v) is 6.99. The van der Waals surface area contributed by atoms with Crippen LogP contribution in [0.25, 0.3) is 5.65 Å². The number of pyridine rings is 1. The molecule has 0 unspecified atom stereocenters. The van der Waals surface area contributed by atoms with Crippen LogP contribution in [-0.2, 0) is 12.0 Å². The van der Waals surface area contributed by atoms with Crippen LogP contribution in [-0.4, -0.2) is 14.6 Å². The second-order valence-electron chi connectivity index (χ2n) is 9.65. The molecule has 2 aromatic heterocycles.